The summed E-state index contributed by atoms with van der Waals surface area (Å²) < 4.78 is 44.6. The molecule has 2 aromatic carbocycles. The van der Waals surface area contributed by atoms with E-state index in [-0.39, 0.29) is 23.0 Å². The van der Waals surface area contributed by atoms with Crippen molar-refractivity contribution >= 4 is 22.4 Å². The molecule has 0 saturated carbocycles. The molecule has 1 aliphatic rings. The average molecular weight is 469 g/mol. The van der Waals surface area contributed by atoms with E-state index in [1.807, 2.05) is 0 Å². The molecule has 174 valence electrons. The van der Waals surface area contributed by atoms with Crippen LogP contribution >= 0.6 is 0 Å². The Bertz CT molecular complexity index is 1100. The number of benzene rings is 2. The standard InChI is InChI=1S/C16H14O9S.C3H9N3/c17-11-3-2-10(8-12(11)18)15(19)16-24-13-4-1-9(7-14(13)25-16)5-6-23-26(20,21)22;1-6(2)3(4)5/h1-8,15-19H,(H,20,21,22);1-2H3,(H3,4,5). The van der Waals surface area contributed by atoms with Crippen molar-refractivity contribution < 1.29 is 41.9 Å². The van der Waals surface area contributed by atoms with Gasteiger partial charge in [0.2, 0.25) is 0 Å². The highest BCUT2D eigenvalue weighted by molar-refractivity contribution is 7.81. The van der Waals surface area contributed by atoms with Gasteiger partial charge in [0.1, 0.15) is 6.26 Å². The molecule has 13 heteroatoms. The number of fused-ring (bicyclic) bond motifs is 1. The number of rotatable bonds is 5. The van der Waals surface area contributed by atoms with Gasteiger partial charge < -0.3 is 39.6 Å². The molecule has 32 heavy (non-hydrogen) atoms. The first-order valence-corrected chi connectivity index (χ1v) is 10.2. The Morgan fingerprint density at radius 1 is 1.16 bits per heavy atom. The maximum atomic E-state index is 10.5. The van der Waals surface area contributed by atoms with E-state index < -0.39 is 22.8 Å². The van der Waals surface area contributed by atoms with E-state index in [1.54, 1.807) is 26.2 Å². The molecule has 0 aromatic heterocycles. The zero-order valence-electron chi connectivity index (χ0n) is 17.0. The quantitative estimate of drug-likeness (QED) is 0.121. The number of nitrogens with two attached hydrogens (primary N) is 1. The fourth-order valence-electron chi connectivity index (χ4n) is 2.28. The van der Waals surface area contributed by atoms with Crippen LogP contribution in [0, 0.1) is 5.41 Å². The van der Waals surface area contributed by atoms with Crippen molar-refractivity contribution in [2.75, 3.05) is 14.1 Å². The van der Waals surface area contributed by atoms with Gasteiger partial charge in [0, 0.05) is 14.1 Å². The molecule has 0 radical (unpaired) electrons. The number of hydrogen-bond donors (Lipinski definition) is 6. The van der Waals surface area contributed by atoms with Gasteiger partial charge in [-0.2, -0.15) is 8.42 Å². The minimum atomic E-state index is -4.58. The van der Waals surface area contributed by atoms with Crippen molar-refractivity contribution in [3.8, 4) is 23.0 Å². The third-order valence-corrected chi connectivity index (χ3v) is 4.33. The van der Waals surface area contributed by atoms with Crippen molar-refractivity contribution in [3.05, 3.63) is 53.8 Å². The van der Waals surface area contributed by atoms with Gasteiger partial charge in [-0.25, -0.2) is 0 Å². The maximum absolute atomic E-state index is 10.5. The summed E-state index contributed by atoms with van der Waals surface area (Å²) in [5, 5.41) is 35.8. The number of guanidine groups is 1. The van der Waals surface area contributed by atoms with Crippen LogP contribution in [0.1, 0.15) is 17.2 Å². The summed E-state index contributed by atoms with van der Waals surface area (Å²) >= 11 is 0. The van der Waals surface area contributed by atoms with Crippen LogP contribution < -0.4 is 15.2 Å². The summed E-state index contributed by atoms with van der Waals surface area (Å²) in [6.07, 6.45) is -0.254. The number of aromatic hydroxyl groups is 2. The van der Waals surface area contributed by atoms with Crippen LogP contribution in [-0.4, -0.2) is 59.5 Å². The lowest BCUT2D eigenvalue weighted by molar-refractivity contribution is -0.0605. The second-order valence-electron chi connectivity index (χ2n) is 6.61. The van der Waals surface area contributed by atoms with Gasteiger partial charge in [-0.1, -0.05) is 12.1 Å². The third-order valence-electron chi connectivity index (χ3n) is 3.97. The fourth-order valence-corrected chi connectivity index (χ4v) is 2.48. The molecule has 1 heterocycles. The van der Waals surface area contributed by atoms with Gasteiger partial charge in [0.05, 0.1) is 0 Å². The van der Waals surface area contributed by atoms with Gasteiger partial charge in [0.25, 0.3) is 6.29 Å². The van der Waals surface area contributed by atoms with Crippen LogP contribution in [0.3, 0.4) is 0 Å². The van der Waals surface area contributed by atoms with Crippen LogP contribution in [0.2, 0.25) is 0 Å². The first-order valence-electron chi connectivity index (χ1n) is 8.88. The van der Waals surface area contributed by atoms with Gasteiger partial charge in [-0.15, -0.1) is 0 Å². The van der Waals surface area contributed by atoms with Crippen molar-refractivity contribution in [2.45, 2.75) is 12.4 Å². The highest BCUT2D eigenvalue weighted by Gasteiger charge is 2.32. The normalized spacial score (nSPS) is 15.6. The van der Waals surface area contributed by atoms with E-state index in [2.05, 4.69) is 4.18 Å². The lowest BCUT2D eigenvalue weighted by atomic mass is 10.1. The van der Waals surface area contributed by atoms with Crippen molar-refractivity contribution in [1.82, 2.24) is 4.90 Å². The van der Waals surface area contributed by atoms with E-state index in [1.165, 1.54) is 35.2 Å². The predicted molar refractivity (Wildman–Crippen MR) is 113 cm³/mol. The van der Waals surface area contributed by atoms with Gasteiger partial charge in [0.15, 0.2) is 35.1 Å². The number of phenolic OH excluding ortho intramolecular Hbond substituents is 2. The summed E-state index contributed by atoms with van der Waals surface area (Å²) in [5.41, 5.74) is 5.72. The molecule has 12 nitrogen and oxygen atoms in total. The van der Waals surface area contributed by atoms with E-state index in [0.29, 0.717) is 17.1 Å². The smallest absolute Gasteiger partial charge is 0.445 e. The average Bonchev–Trinajstić information content (AvgIpc) is 3.12. The highest BCUT2D eigenvalue weighted by atomic mass is 32.3. The molecule has 0 saturated heterocycles. The second-order valence-corrected chi connectivity index (χ2v) is 7.66. The van der Waals surface area contributed by atoms with Crippen LogP contribution in [0.4, 0.5) is 0 Å². The molecule has 2 aromatic rings. The van der Waals surface area contributed by atoms with Crippen molar-refractivity contribution in [1.29, 1.82) is 5.41 Å². The number of nitrogens with zero attached hydrogens (tertiary/aromatic N) is 1. The maximum Gasteiger partial charge on any atom is 0.445 e. The molecule has 0 amide bonds. The molecule has 0 aliphatic carbocycles. The Hall–Kier alpha value is -3.68. The van der Waals surface area contributed by atoms with Gasteiger partial charge >= 0.3 is 10.4 Å². The topological polar surface area (TPSA) is 196 Å². The van der Waals surface area contributed by atoms with Crippen LogP contribution in [0.5, 0.6) is 23.0 Å². The number of aliphatic hydroxyl groups excluding tert-OH is 1. The molecule has 0 spiro atoms. The summed E-state index contributed by atoms with van der Waals surface area (Å²) in [4.78, 5) is 1.53. The van der Waals surface area contributed by atoms with E-state index in [0.717, 1.165) is 6.26 Å². The van der Waals surface area contributed by atoms with Crippen LogP contribution in [0.25, 0.3) is 6.08 Å². The first kappa shape index (κ1) is 24.6. The number of ether oxygens (including phenoxy) is 2. The van der Waals surface area contributed by atoms with Gasteiger partial charge in [-0.05, 0) is 41.5 Å². The number of hydrogen-bond acceptors (Lipinski definition) is 9. The molecule has 0 fully saturated rings. The van der Waals surface area contributed by atoms with Gasteiger partial charge in [-0.3, -0.25) is 9.96 Å². The lowest BCUT2D eigenvalue weighted by Gasteiger charge is -2.17. The molecule has 2 atom stereocenters. The molecular formula is C19H23N3O9S. The summed E-state index contributed by atoms with van der Waals surface area (Å²) in [5.74, 6) is 0.0373. The number of nitrogens with one attached hydrogen (secondary N) is 1. The summed E-state index contributed by atoms with van der Waals surface area (Å²) in [6.45, 7) is 0. The first-order chi connectivity index (χ1) is 14.9. The molecule has 2 unspecified atom stereocenters. The Labute approximate surface area is 184 Å². The minimum absolute atomic E-state index is 0.0926. The number of aliphatic hydroxyl groups is 1. The molecule has 7 N–H and O–H groups in total. The zero-order valence-corrected chi connectivity index (χ0v) is 17.9. The summed E-state index contributed by atoms with van der Waals surface area (Å²) in [7, 11) is -1.13. The molecular weight excluding hydrogens is 446 g/mol. The van der Waals surface area contributed by atoms with Crippen molar-refractivity contribution in [2.24, 2.45) is 5.73 Å². The zero-order chi connectivity index (χ0) is 24.1. The second kappa shape index (κ2) is 10.1. The Balaban J connectivity index is 0.000000534. The molecule has 0 bridgehead atoms. The third kappa shape index (κ3) is 6.94. The van der Waals surface area contributed by atoms with Crippen molar-refractivity contribution in [3.63, 3.8) is 0 Å². The highest BCUT2D eigenvalue weighted by Crippen LogP contribution is 2.40. The van der Waals surface area contributed by atoms with Crippen LogP contribution in [-0.2, 0) is 14.6 Å². The predicted octanol–water partition coefficient (Wildman–Crippen LogP) is 1.16. The fraction of sp³-hybridized carbons (Fsp3) is 0.211. The van der Waals surface area contributed by atoms with Crippen LogP contribution in [0.15, 0.2) is 42.7 Å². The Morgan fingerprint density at radius 3 is 2.34 bits per heavy atom. The Morgan fingerprint density at radius 2 is 1.78 bits per heavy atom. The number of phenols is 2. The molecule has 1 aliphatic heterocycles. The summed E-state index contributed by atoms with van der Waals surface area (Å²) in [6, 6.07) is 8.47. The largest absolute Gasteiger partial charge is 0.504 e. The molecule has 3 rings (SSSR count). The Kier molecular flexibility index (Phi) is 7.75. The SMILES string of the molecule is CN(C)C(=N)N.O=S(=O)(O)OC=Cc1ccc2c(c1)OC(C(O)c1ccc(O)c(O)c1)O2. The van der Waals surface area contributed by atoms with E-state index in [4.69, 9.17) is 25.2 Å². The lowest BCUT2D eigenvalue weighted by Crippen LogP contribution is -2.28. The van der Waals surface area contributed by atoms with E-state index in [9.17, 15) is 23.7 Å². The monoisotopic (exact) mass is 469 g/mol. The van der Waals surface area contributed by atoms with E-state index >= 15 is 0 Å². The minimum Gasteiger partial charge on any atom is -0.504 e.